The molecule has 3 amide bonds. The number of nitrogens with zero attached hydrogens (tertiary/aromatic N) is 3. The minimum Gasteiger partial charge on any atom is -0.360 e. The number of aromatic nitrogens is 1. The molecule has 8 nitrogen and oxygen atoms in total. The maximum atomic E-state index is 12.7. The van der Waals surface area contributed by atoms with Gasteiger partial charge in [-0.1, -0.05) is 17.3 Å². The molecule has 1 aromatic heterocycles. The van der Waals surface area contributed by atoms with E-state index >= 15 is 0 Å². The first-order valence-corrected chi connectivity index (χ1v) is 9.69. The minimum absolute atomic E-state index is 0.0487. The van der Waals surface area contributed by atoms with Crippen molar-refractivity contribution in [3.8, 4) is 0 Å². The summed E-state index contributed by atoms with van der Waals surface area (Å²) in [4.78, 5) is 40.4. The Kier molecular flexibility index (Phi) is 6.31. The predicted octanol–water partition coefficient (Wildman–Crippen LogP) is 2.25. The fourth-order valence-electron chi connectivity index (χ4n) is 3.44. The summed E-state index contributed by atoms with van der Waals surface area (Å²) in [5.74, 6) is 0.626. The molecule has 154 valence electrons. The molecule has 1 N–H and O–H groups in total. The summed E-state index contributed by atoms with van der Waals surface area (Å²) in [6.45, 7) is 2.32. The van der Waals surface area contributed by atoms with Crippen LogP contribution in [0.2, 0.25) is 0 Å². The largest absolute Gasteiger partial charge is 0.360 e. The maximum Gasteiger partial charge on any atom is 0.253 e. The number of carbonyl (C=O) groups excluding carboxylic acids is 3. The monoisotopic (exact) mass is 398 g/mol. The Morgan fingerprint density at radius 1 is 1.24 bits per heavy atom. The molecule has 1 saturated heterocycles. The highest BCUT2D eigenvalue weighted by Crippen LogP contribution is 2.21. The van der Waals surface area contributed by atoms with Crippen LogP contribution in [-0.4, -0.2) is 59.4 Å². The van der Waals surface area contributed by atoms with Crippen molar-refractivity contribution in [1.29, 1.82) is 0 Å². The van der Waals surface area contributed by atoms with Gasteiger partial charge in [0.05, 0.1) is 0 Å². The zero-order chi connectivity index (χ0) is 21.0. The highest BCUT2D eigenvalue weighted by molar-refractivity contribution is 5.97. The SMILES string of the molecule is Cc1cc(NC(=O)[C@@H]2CCCN2C(=O)CCc2ccc(C(=O)N(C)C)cc2)no1. The third-order valence-electron chi connectivity index (χ3n) is 4.99. The zero-order valence-electron chi connectivity index (χ0n) is 17.0. The summed E-state index contributed by atoms with van der Waals surface area (Å²) in [5, 5.41) is 6.48. The Bertz CT molecular complexity index is 888. The molecular weight excluding hydrogens is 372 g/mol. The Hall–Kier alpha value is -3.16. The maximum absolute atomic E-state index is 12.7. The van der Waals surface area contributed by atoms with Crippen LogP contribution in [-0.2, 0) is 16.0 Å². The summed E-state index contributed by atoms with van der Waals surface area (Å²) in [6, 6.07) is 8.43. The molecule has 2 aromatic rings. The molecule has 0 radical (unpaired) electrons. The molecule has 0 saturated carbocycles. The Morgan fingerprint density at radius 3 is 2.59 bits per heavy atom. The molecule has 29 heavy (non-hydrogen) atoms. The van der Waals surface area contributed by atoms with Crippen LogP contribution < -0.4 is 5.32 Å². The van der Waals surface area contributed by atoms with Crippen LogP contribution in [0.3, 0.4) is 0 Å². The first-order valence-electron chi connectivity index (χ1n) is 9.69. The standard InChI is InChI=1S/C21H26N4O4/c1-14-13-18(23-29-14)22-20(27)17-5-4-12-25(17)19(26)11-8-15-6-9-16(10-7-15)21(28)24(2)3/h6-7,9-10,13,17H,4-5,8,11-12H2,1-3H3,(H,22,23,27)/t17-/m0/s1. The molecule has 1 aliphatic rings. The molecule has 0 unspecified atom stereocenters. The summed E-state index contributed by atoms with van der Waals surface area (Å²) in [6.07, 6.45) is 2.30. The third kappa shape index (κ3) is 5.01. The molecule has 0 bridgehead atoms. The second kappa shape index (κ2) is 8.89. The number of aryl methyl sites for hydroxylation is 2. The molecule has 8 heteroatoms. The van der Waals surface area contributed by atoms with E-state index in [0.717, 1.165) is 12.0 Å². The van der Waals surface area contributed by atoms with Gasteiger partial charge in [0.1, 0.15) is 11.8 Å². The molecule has 2 heterocycles. The van der Waals surface area contributed by atoms with Crippen LogP contribution in [0.15, 0.2) is 34.9 Å². The smallest absolute Gasteiger partial charge is 0.253 e. The lowest BCUT2D eigenvalue weighted by molar-refractivity contribution is -0.136. The molecule has 0 spiro atoms. The molecule has 3 rings (SSSR count). The highest BCUT2D eigenvalue weighted by atomic mass is 16.5. The van der Waals surface area contributed by atoms with Gasteiger partial charge in [-0.2, -0.15) is 0 Å². The molecule has 1 atom stereocenters. The van der Waals surface area contributed by atoms with Gasteiger partial charge in [0, 0.05) is 38.7 Å². The van der Waals surface area contributed by atoms with E-state index in [4.69, 9.17) is 4.52 Å². The molecule has 1 aromatic carbocycles. The van der Waals surface area contributed by atoms with Crippen molar-refractivity contribution in [3.63, 3.8) is 0 Å². The van der Waals surface area contributed by atoms with Crippen molar-refractivity contribution in [2.24, 2.45) is 0 Å². The number of hydrogen-bond donors (Lipinski definition) is 1. The van der Waals surface area contributed by atoms with Crippen LogP contribution in [0, 0.1) is 6.92 Å². The van der Waals surface area contributed by atoms with Crippen LogP contribution >= 0.6 is 0 Å². The van der Waals surface area contributed by atoms with Crippen LogP contribution in [0.25, 0.3) is 0 Å². The van der Waals surface area contributed by atoms with E-state index in [1.54, 1.807) is 44.1 Å². The number of rotatable bonds is 6. The van der Waals surface area contributed by atoms with Gasteiger partial charge in [-0.25, -0.2) is 0 Å². The molecule has 1 fully saturated rings. The lowest BCUT2D eigenvalue weighted by Gasteiger charge is -2.23. The zero-order valence-corrected chi connectivity index (χ0v) is 17.0. The summed E-state index contributed by atoms with van der Waals surface area (Å²) < 4.78 is 4.96. The number of benzene rings is 1. The van der Waals surface area contributed by atoms with E-state index in [9.17, 15) is 14.4 Å². The van der Waals surface area contributed by atoms with Crippen molar-refractivity contribution in [2.45, 2.75) is 38.6 Å². The van der Waals surface area contributed by atoms with Crippen molar-refractivity contribution in [1.82, 2.24) is 15.0 Å². The average molecular weight is 398 g/mol. The van der Waals surface area contributed by atoms with E-state index in [0.29, 0.717) is 42.9 Å². The molecule has 1 aliphatic heterocycles. The first-order chi connectivity index (χ1) is 13.8. The van der Waals surface area contributed by atoms with E-state index in [1.165, 1.54) is 4.90 Å². The second-order valence-electron chi connectivity index (χ2n) is 7.45. The van der Waals surface area contributed by atoms with E-state index < -0.39 is 6.04 Å². The number of carbonyl (C=O) groups is 3. The average Bonchev–Trinajstić information content (AvgIpc) is 3.35. The predicted molar refractivity (Wildman–Crippen MR) is 107 cm³/mol. The first kappa shape index (κ1) is 20.6. The van der Waals surface area contributed by atoms with Gasteiger partial charge in [0.15, 0.2) is 5.82 Å². The second-order valence-corrected chi connectivity index (χ2v) is 7.45. The lowest BCUT2D eigenvalue weighted by Crippen LogP contribution is -2.43. The van der Waals surface area contributed by atoms with Gasteiger partial charge < -0.3 is 19.6 Å². The van der Waals surface area contributed by atoms with Gasteiger partial charge >= 0.3 is 0 Å². The summed E-state index contributed by atoms with van der Waals surface area (Å²) >= 11 is 0. The van der Waals surface area contributed by atoms with Gasteiger partial charge in [0.2, 0.25) is 11.8 Å². The van der Waals surface area contributed by atoms with Crippen LogP contribution in [0.4, 0.5) is 5.82 Å². The van der Waals surface area contributed by atoms with E-state index in [-0.39, 0.29) is 17.7 Å². The molecule has 0 aliphatic carbocycles. The fourth-order valence-corrected chi connectivity index (χ4v) is 3.44. The Labute approximate surface area is 169 Å². The Balaban J connectivity index is 1.55. The topological polar surface area (TPSA) is 95.8 Å². The quantitative estimate of drug-likeness (QED) is 0.805. The summed E-state index contributed by atoms with van der Waals surface area (Å²) in [5.41, 5.74) is 1.59. The number of hydrogen-bond acceptors (Lipinski definition) is 5. The van der Waals surface area contributed by atoms with Crippen molar-refractivity contribution < 1.29 is 18.9 Å². The normalized spacial score (nSPS) is 16.0. The van der Waals surface area contributed by atoms with Gasteiger partial charge in [-0.05, 0) is 43.9 Å². The third-order valence-corrected chi connectivity index (χ3v) is 4.99. The van der Waals surface area contributed by atoms with Crippen molar-refractivity contribution in [3.05, 3.63) is 47.2 Å². The fraction of sp³-hybridized carbons (Fsp3) is 0.429. The van der Waals surface area contributed by atoms with Crippen LogP contribution in [0.1, 0.15) is 40.9 Å². The Morgan fingerprint density at radius 2 is 1.97 bits per heavy atom. The van der Waals surface area contributed by atoms with Crippen molar-refractivity contribution >= 4 is 23.5 Å². The van der Waals surface area contributed by atoms with E-state index in [2.05, 4.69) is 10.5 Å². The number of nitrogens with one attached hydrogen (secondary N) is 1. The summed E-state index contributed by atoms with van der Waals surface area (Å²) in [7, 11) is 3.42. The van der Waals surface area contributed by atoms with Crippen LogP contribution in [0.5, 0.6) is 0 Å². The number of likely N-dealkylation sites (tertiary alicyclic amines) is 1. The van der Waals surface area contributed by atoms with Gasteiger partial charge in [0.25, 0.3) is 5.91 Å². The molecular formula is C21H26N4O4. The van der Waals surface area contributed by atoms with Gasteiger partial charge in [-0.15, -0.1) is 0 Å². The highest BCUT2D eigenvalue weighted by Gasteiger charge is 2.34. The minimum atomic E-state index is -0.486. The lowest BCUT2D eigenvalue weighted by atomic mass is 10.1. The van der Waals surface area contributed by atoms with Gasteiger partial charge in [-0.3, -0.25) is 14.4 Å². The van der Waals surface area contributed by atoms with E-state index in [1.807, 2.05) is 12.1 Å². The number of anilines is 1. The van der Waals surface area contributed by atoms with Crippen molar-refractivity contribution in [2.75, 3.05) is 26.0 Å². The number of amides is 3.